The Morgan fingerprint density at radius 2 is 1.18 bits per heavy atom. The van der Waals surface area contributed by atoms with E-state index in [1.165, 1.54) is 15.6 Å². The first-order valence-electron chi connectivity index (χ1n) is 16.4. The van der Waals surface area contributed by atoms with E-state index in [-0.39, 0.29) is 0 Å². The van der Waals surface area contributed by atoms with Crippen LogP contribution in [0.4, 0.5) is 0 Å². The molecule has 0 radical (unpaired) electrons. The minimum absolute atomic E-state index is 0.874. The standard InChI is InChI=1S/C44H25N3OS/c1-3-13-26(14-4-1)39-40(45-41-32-20-10-12-22-36(32)49-44(41)46-39)27-23-24-34-33(25-27)37-38-31-19-9-11-21-35(31)48-43(38)30-18-8-7-17-29(30)42(37)47(34)28-15-5-2-6-16-28/h1-25H. The molecule has 5 heteroatoms. The Kier molecular flexibility index (Phi) is 5.51. The minimum atomic E-state index is 0.874. The fourth-order valence-electron chi connectivity index (χ4n) is 7.68. The number of hydrogen-bond donors (Lipinski definition) is 0. The summed E-state index contributed by atoms with van der Waals surface area (Å²) in [7, 11) is 0. The van der Waals surface area contributed by atoms with Crippen molar-refractivity contribution in [3.05, 3.63) is 152 Å². The number of para-hydroxylation sites is 2. The average molecular weight is 644 g/mol. The molecule has 4 aromatic heterocycles. The molecule has 4 heterocycles. The first kappa shape index (κ1) is 26.7. The van der Waals surface area contributed by atoms with Crippen LogP contribution in [-0.2, 0) is 0 Å². The summed E-state index contributed by atoms with van der Waals surface area (Å²) in [5.41, 5.74) is 9.99. The van der Waals surface area contributed by atoms with E-state index in [9.17, 15) is 0 Å². The molecule has 7 aromatic carbocycles. The van der Waals surface area contributed by atoms with Crippen molar-refractivity contribution in [3.8, 4) is 28.2 Å². The largest absolute Gasteiger partial charge is 0.455 e. The number of aromatic nitrogens is 3. The molecule has 4 nitrogen and oxygen atoms in total. The molecular formula is C44H25N3OS. The first-order chi connectivity index (χ1) is 24.3. The number of thiophene rings is 1. The summed E-state index contributed by atoms with van der Waals surface area (Å²) in [5, 5.41) is 7.97. The maximum Gasteiger partial charge on any atom is 0.144 e. The third-order valence-electron chi connectivity index (χ3n) is 9.79. The van der Waals surface area contributed by atoms with E-state index in [0.29, 0.717) is 0 Å². The predicted molar refractivity (Wildman–Crippen MR) is 205 cm³/mol. The first-order valence-corrected chi connectivity index (χ1v) is 17.2. The van der Waals surface area contributed by atoms with Gasteiger partial charge in [-0.1, -0.05) is 115 Å². The zero-order chi connectivity index (χ0) is 32.1. The molecule has 0 atom stereocenters. The van der Waals surface area contributed by atoms with E-state index in [1.807, 2.05) is 12.1 Å². The maximum absolute atomic E-state index is 6.68. The Labute approximate surface area is 284 Å². The van der Waals surface area contributed by atoms with Crippen LogP contribution in [0.3, 0.4) is 0 Å². The summed E-state index contributed by atoms with van der Waals surface area (Å²) in [5.74, 6) is 0. The molecular weight excluding hydrogens is 619 g/mol. The molecule has 0 amide bonds. The van der Waals surface area contributed by atoms with Crippen molar-refractivity contribution in [1.82, 2.24) is 14.5 Å². The predicted octanol–water partition coefficient (Wildman–Crippen LogP) is 12.3. The lowest BCUT2D eigenvalue weighted by Crippen LogP contribution is -1.95. The number of rotatable bonds is 3. The van der Waals surface area contributed by atoms with E-state index in [2.05, 4.69) is 144 Å². The number of fused-ring (bicyclic) bond motifs is 13. The van der Waals surface area contributed by atoms with Gasteiger partial charge in [-0.3, -0.25) is 0 Å². The van der Waals surface area contributed by atoms with Gasteiger partial charge in [0.1, 0.15) is 21.5 Å². The molecule has 0 aliphatic carbocycles. The smallest absolute Gasteiger partial charge is 0.144 e. The van der Waals surface area contributed by atoms with Crippen LogP contribution in [0.2, 0.25) is 0 Å². The van der Waals surface area contributed by atoms with Gasteiger partial charge < -0.3 is 8.98 Å². The third-order valence-corrected chi connectivity index (χ3v) is 10.8. The van der Waals surface area contributed by atoms with Crippen molar-refractivity contribution in [1.29, 1.82) is 0 Å². The lowest BCUT2D eigenvalue weighted by atomic mass is 9.97. The summed E-state index contributed by atoms with van der Waals surface area (Å²) in [4.78, 5) is 11.7. The summed E-state index contributed by atoms with van der Waals surface area (Å²) in [6.45, 7) is 0. The molecule has 11 rings (SSSR count). The maximum atomic E-state index is 6.68. The second kappa shape index (κ2) is 10.1. The van der Waals surface area contributed by atoms with Crippen molar-refractivity contribution in [3.63, 3.8) is 0 Å². The molecule has 0 aliphatic rings. The molecule has 0 aliphatic heterocycles. The van der Waals surface area contributed by atoms with Gasteiger partial charge in [0.2, 0.25) is 0 Å². The van der Waals surface area contributed by atoms with Crippen molar-refractivity contribution in [2.75, 3.05) is 0 Å². The van der Waals surface area contributed by atoms with Crippen LogP contribution in [-0.4, -0.2) is 14.5 Å². The van der Waals surface area contributed by atoms with Gasteiger partial charge in [0.15, 0.2) is 0 Å². The SMILES string of the molecule is c1ccc(-c2nc3sc4ccccc4c3nc2-c2ccc3c(c2)c2c4c5ccccc5oc4c4ccccc4c2n3-c2ccccc2)cc1. The average Bonchev–Trinajstić information content (AvgIpc) is 3.84. The van der Waals surface area contributed by atoms with Crippen LogP contribution in [0.5, 0.6) is 0 Å². The van der Waals surface area contributed by atoms with E-state index in [0.717, 1.165) is 87.5 Å². The monoisotopic (exact) mass is 643 g/mol. The molecule has 228 valence electrons. The second-order valence-electron chi connectivity index (χ2n) is 12.5. The van der Waals surface area contributed by atoms with Crippen LogP contribution in [0, 0.1) is 0 Å². The zero-order valence-electron chi connectivity index (χ0n) is 26.1. The number of benzene rings is 7. The van der Waals surface area contributed by atoms with Crippen LogP contribution in [0.25, 0.3) is 103 Å². The highest BCUT2D eigenvalue weighted by molar-refractivity contribution is 7.25. The van der Waals surface area contributed by atoms with Crippen molar-refractivity contribution >= 4 is 86.3 Å². The number of furan rings is 1. The Morgan fingerprint density at radius 3 is 2.02 bits per heavy atom. The van der Waals surface area contributed by atoms with Gasteiger partial charge in [0.05, 0.1) is 22.4 Å². The Hall–Kier alpha value is -6.30. The van der Waals surface area contributed by atoms with Gasteiger partial charge in [0.25, 0.3) is 0 Å². The van der Waals surface area contributed by atoms with Crippen molar-refractivity contribution in [2.24, 2.45) is 0 Å². The molecule has 0 saturated heterocycles. The summed E-state index contributed by atoms with van der Waals surface area (Å²) < 4.78 is 10.3. The van der Waals surface area contributed by atoms with Crippen LogP contribution >= 0.6 is 11.3 Å². The van der Waals surface area contributed by atoms with Gasteiger partial charge in [-0.2, -0.15) is 0 Å². The third kappa shape index (κ3) is 3.79. The zero-order valence-corrected chi connectivity index (χ0v) is 26.9. The summed E-state index contributed by atoms with van der Waals surface area (Å²) >= 11 is 1.70. The highest BCUT2D eigenvalue weighted by Crippen LogP contribution is 2.47. The molecule has 0 bridgehead atoms. The van der Waals surface area contributed by atoms with Crippen LogP contribution < -0.4 is 0 Å². The fourth-order valence-corrected chi connectivity index (χ4v) is 8.70. The molecule has 0 saturated carbocycles. The van der Waals surface area contributed by atoms with Crippen LogP contribution in [0.1, 0.15) is 0 Å². The van der Waals surface area contributed by atoms with Crippen molar-refractivity contribution < 1.29 is 4.42 Å². The van der Waals surface area contributed by atoms with E-state index in [4.69, 9.17) is 14.4 Å². The molecule has 49 heavy (non-hydrogen) atoms. The summed E-state index contributed by atoms with van der Waals surface area (Å²) in [6.07, 6.45) is 0. The second-order valence-corrected chi connectivity index (χ2v) is 13.5. The molecule has 0 N–H and O–H groups in total. The Bertz CT molecular complexity index is 3100. The lowest BCUT2D eigenvalue weighted by Gasteiger charge is -2.11. The normalized spacial score (nSPS) is 12.1. The van der Waals surface area contributed by atoms with Gasteiger partial charge in [-0.15, -0.1) is 11.3 Å². The van der Waals surface area contributed by atoms with Crippen molar-refractivity contribution in [2.45, 2.75) is 0 Å². The minimum Gasteiger partial charge on any atom is -0.455 e. The van der Waals surface area contributed by atoms with E-state index in [1.54, 1.807) is 11.3 Å². The quantitative estimate of drug-likeness (QED) is 0.192. The fraction of sp³-hybridized carbons (Fsp3) is 0. The van der Waals surface area contributed by atoms with Gasteiger partial charge in [-0.05, 0) is 36.4 Å². The number of hydrogen-bond acceptors (Lipinski definition) is 4. The summed E-state index contributed by atoms with van der Waals surface area (Å²) in [6, 6.07) is 53.4. The molecule has 11 aromatic rings. The highest BCUT2D eigenvalue weighted by atomic mass is 32.1. The number of nitrogens with zero attached hydrogens (tertiary/aromatic N) is 3. The van der Waals surface area contributed by atoms with E-state index < -0.39 is 0 Å². The topological polar surface area (TPSA) is 43.9 Å². The molecule has 0 unspecified atom stereocenters. The molecule has 0 spiro atoms. The Balaban J connectivity index is 1.33. The highest BCUT2D eigenvalue weighted by Gasteiger charge is 2.24. The van der Waals surface area contributed by atoms with E-state index >= 15 is 0 Å². The molecule has 0 fully saturated rings. The Morgan fingerprint density at radius 1 is 0.510 bits per heavy atom. The van der Waals surface area contributed by atoms with Gasteiger partial charge >= 0.3 is 0 Å². The van der Waals surface area contributed by atoms with Gasteiger partial charge in [0, 0.05) is 59.2 Å². The lowest BCUT2D eigenvalue weighted by molar-refractivity contribution is 0.673. The van der Waals surface area contributed by atoms with Gasteiger partial charge in [-0.25, -0.2) is 9.97 Å². The van der Waals surface area contributed by atoms with Crippen LogP contribution in [0.15, 0.2) is 156 Å².